The average molecular weight is 508 g/mol. The van der Waals surface area contributed by atoms with Crippen molar-refractivity contribution >= 4 is 50.8 Å². The third-order valence-electron chi connectivity index (χ3n) is 4.16. The number of methoxy groups -OCH3 is 1. The molecule has 2 amide bonds. The molecule has 3 N–H and O–H groups in total. The molecule has 0 radical (unpaired) electrons. The first-order valence-electron chi connectivity index (χ1n) is 9.86. The van der Waals surface area contributed by atoms with Crippen LogP contribution in [0.2, 0.25) is 0 Å². The highest BCUT2D eigenvalue weighted by molar-refractivity contribution is 9.10. The highest BCUT2D eigenvalue weighted by atomic mass is 79.9. The number of hydrogen-bond donors (Lipinski definition) is 3. The van der Waals surface area contributed by atoms with E-state index in [2.05, 4.69) is 38.8 Å². The van der Waals surface area contributed by atoms with E-state index in [1.165, 1.54) is 0 Å². The number of benzene rings is 2. The molecular formula is C22H26BrN3O4S. The number of amides is 2. The van der Waals surface area contributed by atoms with Gasteiger partial charge in [-0.3, -0.25) is 14.9 Å². The Morgan fingerprint density at radius 2 is 1.90 bits per heavy atom. The second kappa shape index (κ2) is 13.0. The second-order valence-electron chi connectivity index (χ2n) is 6.58. The summed E-state index contributed by atoms with van der Waals surface area (Å²) in [6.45, 7) is 3.41. The number of anilines is 1. The first-order valence-corrected chi connectivity index (χ1v) is 11.1. The number of hydrogen-bond acceptors (Lipinski definition) is 5. The predicted molar refractivity (Wildman–Crippen MR) is 129 cm³/mol. The molecule has 0 saturated carbocycles. The van der Waals surface area contributed by atoms with E-state index in [9.17, 15) is 9.59 Å². The topological polar surface area (TPSA) is 88.7 Å². The second-order valence-corrected chi connectivity index (χ2v) is 7.90. The highest BCUT2D eigenvalue weighted by Gasteiger charge is 2.15. The van der Waals surface area contributed by atoms with Crippen LogP contribution in [0.3, 0.4) is 0 Å². The fraction of sp³-hybridized carbons (Fsp3) is 0.318. The van der Waals surface area contributed by atoms with Gasteiger partial charge in [-0.05, 0) is 55.0 Å². The lowest BCUT2D eigenvalue weighted by atomic mass is 10.2. The zero-order valence-electron chi connectivity index (χ0n) is 17.5. The number of nitrogens with one attached hydrogen (secondary N) is 3. The molecule has 0 aromatic heterocycles. The Labute approximate surface area is 196 Å². The Bertz CT molecular complexity index is 923. The smallest absolute Gasteiger partial charge is 0.261 e. The van der Waals surface area contributed by atoms with Crippen LogP contribution in [0.4, 0.5) is 5.69 Å². The standard InChI is InChI=1S/C22H26BrN3O4S/c1-3-4-10-24-20(27)15-6-5-7-17(13-15)25-22(31)26-21(28)18-14-16(23)8-9-19(18)30-12-11-29-2/h5-9,13-14H,3-4,10-12H2,1-2H3,(H,24,27)(H2,25,26,28,31). The van der Waals surface area contributed by atoms with Crippen LogP contribution in [0.1, 0.15) is 40.5 Å². The molecule has 0 atom stereocenters. The van der Waals surface area contributed by atoms with E-state index in [1.807, 2.05) is 0 Å². The van der Waals surface area contributed by atoms with Crippen LogP contribution in [0.15, 0.2) is 46.9 Å². The number of halogens is 1. The number of unbranched alkanes of at least 4 members (excludes halogenated alkanes) is 1. The molecule has 31 heavy (non-hydrogen) atoms. The number of carbonyl (C=O) groups is 2. The quantitative estimate of drug-likeness (QED) is 0.331. The molecule has 0 heterocycles. The Morgan fingerprint density at radius 1 is 1.10 bits per heavy atom. The molecule has 0 aliphatic heterocycles. The first kappa shape index (κ1) is 24.8. The molecule has 0 saturated heterocycles. The maximum absolute atomic E-state index is 12.7. The van der Waals surface area contributed by atoms with Gasteiger partial charge in [0.2, 0.25) is 0 Å². The van der Waals surface area contributed by atoms with Crippen LogP contribution in [0.25, 0.3) is 0 Å². The third-order valence-corrected chi connectivity index (χ3v) is 4.85. The summed E-state index contributed by atoms with van der Waals surface area (Å²) in [5, 5.41) is 8.56. The summed E-state index contributed by atoms with van der Waals surface area (Å²) in [4.78, 5) is 25.0. The minimum atomic E-state index is -0.417. The van der Waals surface area contributed by atoms with Gasteiger partial charge in [0.25, 0.3) is 11.8 Å². The summed E-state index contributed by atoms with van der Waals surface area (Å²) < 4.78 is 11.3. The van der Waals surface area contributed by atoms with E-state index in [-0.39, 0.29) is 11.0 Å². The summed E-state index contributed by atoms with van der Waals surface area (Å²) in [6, 6.07) is 12.0. The van der Waals surface area contributed by atoms with E-state index >= 15 is 0 Å². The summed E-state index contributed by atoms with van der Waals surface area (Å²) in [7, 11) is 1.58. The summed E-state index contributed by atoms with van der Waals surface area (Å²) >= 11 is 8.64. The van der Waals surface area contributed by atoms with E-state index in [1.54, 1.807) is 49.6 Å². The molecule has 2 aromatic rings. The van der Waals surface area contributed by atoms with E-state index in [0.717, 1.165) is 17.3 Å². The maximum atomic E-state index is 12.7. The van der Waals surface area contributed by atoms with Gasteiger partial charge in [-0.2, -0.15) is 0 Å². The molecular weight excluding hydrogens is 482 g/mol. The third kappa shape index (κ3) is 8.28. The lowest BCUT2D eigenvalue weighted by Gasteiger charge is -2.14. The van der Waals surface area contributed by atoms with Gasteiger partial charge in [0, 0.05) is 29.4 Å². The largest absolute Gasteiger partial charge is 0.490 e. The lowest BCUT2D eigenvalue weighted by Crippen LogP contribution is -2.34. The first-order chi connectivity index (χ1) is 14.9. The van der Waals surface area contributed by atoms with E-state index in [4.69, 9.17) is 21.7 Å². The number of thiocarbonyl (C=S) groups is 1. The van der Waals surface area contributed by atoms with Crippen molar-refractivity contribution in [3.05, 3.63) is 58.1 Å². The van der Waals surface area contributed by atoms with Gasteiger partial charge in [0.05, 0.1) is 12.2 Å². The molecule has 0 fully saturated rings. The van der Waals surface area contributed by atoms with Crippen molar-refractivity contribution in [1.82, 2.24) is 10.6 Å². The number of carbonyl (C=O) groups excluding carboxylic acids is 2. The van der Waals surface area contributed by atoms with Crippen LogP contribution < -0.4 is 20.7 Å². The Balaban J connectivity index is 2.01. The molecule has 2 rings (SSSR count). The molecule has 2 aromatic carbocycles. The number of ether oxygens (including phenoxy) is 2. The van der Waals surface area contributed by atoms with Crippen LogP contribution in [-0.2, 0) is 4.74 Å². The van der Waals surface area contributed by atoms with Gasteiger partial charge in [-0.15, -0.1) is 0 Å². The summed E-state index contributed by atoms with van der Waals surface area (Å²) in [6.07, 6.45) is 1.93. The fourth-order valence-electron chi connectivity index (χ4n) is 2.59. The molecule has 0 unspecified atom stereocenters. The van der Waals surface area contributed by atoms with Crippen molar-refractivity contribution in [3.63, 3.8) is 0 Å². The summed E-state index contributed by atoms with van der Waals surface area (Å²) in [5.41, 5.74) is 1.44. The highest BCUT2D eigenvalue weighted by Crippen LogP contribution is 2.23. The normalized spacial score (nSPS) is 10.3. The van der Waals surface area contributed by atoms with Crippen LogP contribution in [-0.4, -0.2) is 43.8 Å². The molecule has 7 nitrogen and oxygen atoms in total. The van der Waals surface area contributed by atoms with E-state index < -0.39 is 5.91 Å². The van der Waals surface area contributed by atoms with Gasteiger partial charge < -0.3 is 20.1 Å². The van der Waals surface area contributed by atoms with Crippen molar-refractivity contribution in [2.45, 2.75) is 19.8 Å². The van der Waals surface area contributed by atoms with Gasteiger partial charge in [-0.1, -0.05) is 35.3 Å². The molecule has 0 bridgehead atoms. The SMILES string of the molecule is CCCCNC(=O)c1cccc(NC(=S)NC(=O)c2cc(Br)ccc2OCCOC)c1. The van der Waals surface area contributed by atoms with E-state index in [0.29, 0.717) is 42.3 Å². The Morgan fingerprint density at radius 3 is 2.65 bits per heavy atom. The zero-order chi connectivity index (χ0) is 22.6. The lowest BCUT2D eigenvalue weighted by molar-refractivity contribution is 0.0949. The minimum Gasteiger partial charge on any atom is -0.490 e. The van der Waals surface area contributed by atoms with Crippen molar-refractivity contribution in [3.8, 4) is 5.75 Å². The predicted octanol–water partition coefficient (Wildman–Crippen LogP) is 4.13. The van der Waals surface area contributed by atoms with Gasteiger partial charge >= 0.3 is 0 Å². The van der Waals surface area contributed by atoms with Crippen LogP contribution in [0, 0.1) is 0 Å². The maximum Gasteiger partial charge on any atom is 0.261 e. The van der Waals surface area contributed by atoms with Crippen molar-refractivity contribution in [2.24, 2.45) is 0 Å². The molecule has 0 aliphatic carbocycles. The molecule has 0 spiro atoms. The molecule has 9 heteroatoms. The van der Waals surface area contributed by atoms with Crippen LogP contribution >= 0.6 is 28.1 Å². The minimum absolute atomic E-state index is 0.108. The average Bonchev–Trinajstić information content (AvgIpc) is 2.75. The fourth-order valence-corrected chi connectivity index (χ4v) is 3.16. The summed E-state index contributed by atoms with van der Waals surface area (Å²) in [5.74, 6) is -0.148. The molecule has 0 aliphatic rings. The van der Waals surface area contributed by atoms with Gasteiger partial charge in [0.15, 0.2) is 5.11 Å². The zero-order valence-corrected chi connectivity index (χ0v) is 19.9. The van der Waals surface area contributed by atoms with Crippen molar-refractivity contribution < 1.29 is 19.1 Å². The number of rotatable bonds is 10. The monoisotopic (exact) mass is 507 g/mol. The Kier molecular flexibility index (Phi) is 10.4. The van der Waals surface area contributed by atoms with Crippen molar-refractivity contribution in [2.75, 3.05) is 32.2 Å². The van der Waals surface area contributed by atoms with Gasteiger partial charge in [-0.25, -0.2) is 0 Å². The molecule has 166 valence electrons. The Hall–Kier alpha value is -2.49. The van der Waals surface area contributed by atoms with Gasteiger partial charge in [0.1, 0.15) is 12.4 Å². The van der Waals surface area contributed by atoms with Crippen molar-refractivity contribution in [1.29, 1.82) is 0 Å². The van der Waals surface area contributed by atoms with Crippen LogP contribution in [0.5, 0.6) is 5.75 Å².